The number of rotatable bonds is 6. The van der Waals surface area contributed by atoms with Gasteiger partial charge in [0.1, 0.15) is 6.54 Å². The van der Waals surface area contributed by atoms with Crippen LogP contribution in [-0.4, -0.2) is 35.9 Å². The lowest BCUT2D eigenvalue weighted by Crippen LogP contribution is -2.32. The highest BCUT2D eigenvalue weighted by Crippen LogP contribution is 2.09. The van der Waals surface area contributed by atoms with Crippen molar-refractivity contribution >= 4 is 11.8 Å². The second kappa shape index (κ2) is 6.83. The quantitative estimate of drug-likeness (QED) is 0.703. The number of carbonyl (C=O) groups excluding carboxylic acids is 1. The Morgan fingerprint density at radius 2 is 2.12 bits per heavy atom. The van der Waals surface area contributed by atoms with Crippen LogP contribution in [-0.2, 0) is 9.53 Å². The number of aryl methyl sites for hydroxylation is 1. The van der Waals surface area contributed by atoms with Gasteiger partial charge in [0.15, 0.2) is 5.82 Å². The van der Waals surface area contributed by atoms with Crippen molar-refractivity contribution in [2.75, 3.05) is 24.6 Å². The topological polar surface area (TPSA) is 55.3 Å². The molecule has 0 saturated heterocycles. The van der Waals surface area contributed by atoms with Crippen molar-refractivity contribution < 1.29 is 9.53 Å². The lowest BCUT2D eigenvalue weighted by Gasteiger charge is -2.21. The Labute approximate surface area is 102 Å². The SMILES string of the molecule is CCCN(CC(=O)OCC)c1ccc(C)nn1. The first-order chi connectivity index (χ1) is 8.17. The average Bonchev–Trinajstić information content (AvgIpc) is 2.30. The molecule has 17 heavy (non-hydrogen) atoms. The zero-order valence-corrected chi connectivity index (χ0v) is 10.6. The van der Waals surface area contributed by atoms with Gasteiger partial charge in [0.25, 0.3) is 0 Å². The van der Waals surface area contributed by atoms with Crippen molar-refractivity contribution in [1.29, 1.82) is 0 Å². The minimum atomic E-state index is -0.233. The molecule has 0 N–H and O–H groups in total. The van der Waals surface area contributed by atoms with E-state index in [2.05, 4.69) is 17.1 Å². The molecule has 0 aliphatic carbocycles. The lowest BCUT2D eigenvalue weighted by atomic mass is 10.3. The third kappa shape index (κ3) is 4.38. The van der Waals surface area contributed by atoms with Crippen LogP contribution < -0.4 is 4.90 Å². The lowest BCUT2D eigenvalue weighted by molar-refractivity contribution is -0.141. The Kier molecular flexibility index (Phi) is 5.39. The Morgan fingerprint density at radius 3 is 2.65 bits per heavy atom. The number of hydrogen-bond acceptors (Lipinski definition) is 5. The monoisotopic (exact) mass is 237 g/mol. The molecule has 0 bridgehead atoms. The number of esters is 1. The maximum atomic E-state index is 11.5. The summed E-state index contributed by atoms with van der Waals surface area (Å²) in [5, 5.41) is 8.07. The molecule has 1 aromatic rings. The molecule has 5 nitrogen and oxygen atoms in total. The average molecular weight is 237 g/mol. The smallest absolute Gasteiger partial charge is 0.325 e. The maximum Gasteiger partial charge on any atom is 0.325 e. The fourth-order valence-corrected chi connectivity index (χ4v) is 1.47. The summed E-state index contributed by atoms with van der Waals surface area (Å²) >= 11 is 0. The van der Waals surface area contributed by atoms with Gasteiger partial charge in [0.05, 0.1) is 12.3 Å². The molecular formula is C12H19N3O2. The van der Waals surface area contributed by atoms with Crippen LogP contribution in [0.15, 0.2) is 12.1 Å². The minimum absolute atomic E-state index is 0.222. The van der Waals surface area contributed by atoms with E-state index in [-0.39, 0.29) is 12.5 Å². The van der Waals surface area contributed by atoms with Gasteiger partial charge in [-0.15, -0.1) is 5.10 Å². The van der Waals surface area contributed by atoms with Crippen LogP contribution >= 0.6 is 0 Å². The summed E-state index contributed by atoms with van der Waals surface area (Å²) in [6.07, 6.45) is 0.939. The van der Waals surface area contributed by atoms with Gasteiger partial charge in [-0.3, -0.25) is 4.79 Å². The minimum Gasteiger partial charge on any atom is -0.465 e. The predicted molar refractivity (Wildman–Crippen MR) is 65.9 cm³/mol. The normalized spacial score (nSPS) is 10.1. The number of ether oxygens (including phenoxy) is 1. The zero-order valence-electron chi connectivity index (χ0n) is 10.6. The fourth-order valence-electron chi connectivity index (χ4n) is 1.47. The van der Waals surface area contributed by atoms with Gasteiger partial charge in [-0.25, -0.2) is 0 Å². The summed E-state index contributed by atoms with van der Waals surface area (Å²) in [6.45, 7) is 7.12. The number of anilines is 1. The molecule has 1 heterocycles. The van der Waals surface area contributed by atoms with E-state index in [1.807, 2.05) is 24.0 Å². The highest BCUT2D eigenvalue weighted by molar-refractivity contribution is 5.75. The summed E-state index contributed by atoms with van der Waals surface area (Å²) in [5.41, 5.74) is 0.862. The Hall–Kier alpha value is -1.65. The molecule has 0 fully saturated rings. The van der Waals surface area contributed by atoms with Crippen LogP contribution in [0.4, 0.5) is 5.82 Å². The van der Waals surface area contributed by atoms with E-state index >= 15 is 0 Å². The van der Waals surface area contributed by atoms with Crippen molar-refractivity contribution in [2.24, 2.45) is 0 Å². The van der Waals surface area contributed by atoms with Gasteiger partial charge in [0, 0.05) is 6.54 Å². The largest absolute Gasteiger partial charge is 0.465 e. The van der Waals surface area contributed by atoms with E-state index in [0.29, 0.717) is 12.4 Å². The van der Waals surface area contributed by atoms with Crippen LogP contribution in [0, 0.1) is 6.92 Å². The van der Waals surface area contributed by atoms with Gasteiger partial charge in [-0.2, -0.15) is 5.10 Å². The van der Waals surface area contributed by atoms with Gasteiger partial charge in [-0.1, -0.05) is 6.92 Å². The molecule has 0 amide bonds. The van der Waals surface area contributed by atoms with Crippen molar-refractivity contribution in [1.82, 2.24) is 10.2 Å². The molecule has 0 aromatic carbocycles. The molecule has 0 aliphatic rings. The molecule has 0 saturated carbocycles. The van der Waals surface area contributed by atoms with Crippen LogP contribution in [0.1, 0.15) is 26.0 Å². The number of hydrogen-bond donors (Lipinski definition) is 0. The first-order valence-corrected chi connectivity index (χ1v) is 5.88. The van der Waals surface area contributed by atoms with Crippen LogP contribution in [0.25, 0.3) is 0 Å². The summed E-state index contributed by atoms with van der Waals surface area (Å²) in [4.78, 5) is 13.3. The molecule has 5 heteroatoms. The van der Waals surface area contributed by atoms with Crippen LogP contribution in [0.2, 0.25) is 0 Å². The molecule has 1 rings (SSSR count). The van der Waals surface area contributed by atoms with E-state index in [9.17, 15) is 4.79 Å². The zero-order chi connectivity index (χ0) is 12.7. The van der Waals surface area contributed by atoms with Crippen molar-refractivity contribution in [3.63, 3.8) is 0 Å². The molecule has 94 valence electrons. The molecule has 0 unspecified atom stereocenters. The molecule has 0 aliphatic heterocycles. The third-order valence-corrected chi connectivity index (χ3v) is 2.23. The van der Waals surface area contributed by atoms with Crippen LogP contribution in [0.3, 0.4) is 0 Å². The van der Waals surface area contributed by atoms with E-state index < -0.39 is 0 Å². The number of aromatic nitrogens is 2. The molecular weight excluding hydrogens is 218 g/mol. The summed E-state index contributed by atoms with van der Waals surface area (Å²) in [5.74, 6) is 0.480. The second-order valence-electron chi connectivity index (χ2n) is 3.76. The van der Waals surface area contributed by atoms with E-state index in [0.717, 1.165) is 18.7 Å². The van der Waals surface area contributed by atoms with E-state index in [4.69, 9.17) is 4.74 Å². The molecule has 0 atom stereocenters. The molecule has 1 aromatic heterocycles. The van der Waals surface area contributed by atoms with Crippen molar-refractivity contribution in [3.8, 4) is 0 Å². The predicted octanol–water partition coefficient (Wildman–Crippen LogP) is 1.56. The van der Waals surface area contributed by atoms with Gasteiger partial charge in [-0.05, 0) is 32.4 Å². The van der Waals surface area contributed by atoms with Gasteiger partial charge < -0.3 is 9.64 Å². The molecule has 0 radical (unpaired) electrons. The van der Waals surface area contributed by atoms with E-state index in [1.165, 1.54) is 0 Å². The number of carbonyl (C=O) groups is 1. The van der Waals surface area contributed by atoms with Crippen molar-refractivity contribution in [3.05, 3.63) is 17.8 Å². The van der Waals surface area contributed by atoms with Crippen molar-refractivity contribution in [2.45, 2.75) is 27.2 Å². The maximum absolute atomic E-state index is 11.5. The standard InChI is InChI=1S/C12H19N3O2/c1-4-8-15(9-12(16)17-5-2)11-7-6-10(3)13-14-11/h6-7H,4-5,8-9H2,1-3H3. The highest BCUT2D eigenvalue weighted by atomic mass is 16.5. The number of nitrogens with zero attached hydrogens (tertiary/aromatic N) is 3. The van der Waals surface area contributed by atoms with E-state index in [1.54, 1.807) is 6.92 Å². The molecule has 0 spiro atoms. The van der Waals surface area contributed by atoms with Gasteiger partial charge in [0.2, 0.25) is 0 Å². The first kappa shape index (κ1) is 13.4. The fraction of sp³-hybridized carbons (Fsp3) is 0.583. The second-order valence-corrected chi connectivity index (χ2v) is 3.76. The Bertz CT molecular complexity index is 351. The Morgan fingerprint density at radius 1 is 1.35 bits per heavy atom. The summed E-state index contributed by atoms with van der Waals surface area (Å²) in [6, 6.07) is 3.76. The third-order valence-electron chi connectivity index (χ3n) is 2.23. The van der Waals surface area contributed by atoms with Crippen LogP contribution in [0.5, 0.6) is 0 Å². The Balaban J connectivity index is 2.71. The highest BCUT2D eigenvalue weighted by Gasteiger charge is 2.12. The van der Waals surface area contributed by atoms with Gasteiger partial charge >= 0.3 is 5.97 Å². The first-order valence-electron chi connectivity index (χ1n) is 5.88. The summed E-state index contributed by atoms with van der Waals surface area (Å²) < 4.78 is 4.94. The summed E-state index contributed by atoms with van der Waals surface area (Å²) in [7, 11) is 0.